The first-order valence-corrected chi connectivity index (χ1v) is 13.2. The van der Waals surface area contributed by atoms with Crippen LogP contribution in [0, 0.1) is 22.9 Å². The number of fused-ring (bicyclic) bond motifs is 2. The summed E-state index contributed by atoms with van der Waals surface area (Å²) < 4.78 is 42.2. The number of nitrogens with one attached hydrogen (secondary N) is 2. The Balaban J connectivity index is 1.57. The maximum Gasteiger partial charge on any atom is 0.306 e. The summed E-state index contributed by atoms with van der Waals surface area (Å²) in [6.45, 7) is 1.86. The standard InChI is InChI=1S/C27H19FN6O4S/c1-16-6-9-18(10-7-16)39(37,38)33-13-12-20-25(21-15-29-23-5-3-2-4-19(21)23)31-27(32-26(20)33)30-17-8-11-22(28)24(14-17)34(35)36/h2-15,29H,1H3,(H,30,31,32). The molecule has 0 atom stereocenters. The summed E-state index contributed by atoms with van der Waals surface area (Å²) in [6.07, 6.45) is 3.18. The lowest BCUT2D eigenvalue weighted by Gasteiger charge is -2.11. The Labute approximate surface area is 221 Å². The average Bonchev–Trinajstić information content (AvgIpc) is 3.54. The predicted molar refractivity (Wildman–Crippen MR) is 145 cm³/mol. The molecule has 0 fully saturated rings. The summed E-state index contributed by atoms with van der Waals surface area (Å²) >= 11 is 0. The fourth-order valence-electron chi connectivity index (χ4n) is 4.40. The van der Waals surface area contributed by atoms with E-state index in [1.165, 1.54) is 24.4 Å². The first kappa shape index (κ1) is 24.2. The van der Waals surface area contributed by atoms with Crippen LogP contribution in [-0.2, 0) is 10.0 Å². The summed E-state index contributed by atoms with van der Waals surface area (Å²) in [5.74, 6) is -1.01. The van der Waals surface area contributed by atoms with Crippen molar-refractivity contribution in [2.45, 2.75) is 11.8 Å². The third-order valence-electron chi connectivity index (χ3n) is 6.33. The minimum atomic E-state index is -4.03. The number of para-hydroxylation sites is 1. The zero-order chi connectivity index (χ0) is 27.3. The molecule has 0 saturated carbocycles. The molecule has 0 bridgehead atoms. The Morgan fingerprint density at radius 2 is 1.77 bits per heavy atom. The molecule has 3 aromatic heterocycles. The lowest BCUT2D eigenvalue weighted by Crippen LogP contribution is -2.13. The van der Waals surface area contributed by atoms with Gasteiger partial charge in [0.2, 0.25) is 11.8 Å². The highest BCUT2D eigenvalue weighted by Crippen LogP contribution is 2.35. The third kappa shape index (κ3) is 4.16. The van der Waals surface area contributed by atoms with Gasteiger partial charge in [0.1, 0.15) is 0 Å². The fourth-order valence-corrected chi connectivity index (χ4v) is 5.69. The molecule has 0 aliphatic carbocycles. The molecular formula is C27H19FN6O4S. The van der Waals surface area contributed by atoms with Crippen LogP contribution in [-0.4, -0.2) is 32.3 Å². The summed E-state index contributed by atoms with van der Waals surface area (Å²) in [5.41, 5.74) is 2.45. The van der Waals surface area contributed by atoms with Crippen LogP contribution in [0.3, 0.4) is 0 Å². The number of aromatic amines is 1. The number of halogens is 1. The predicted octanol–water partition coefficient (Wildman–Crippen LogP) is 5.92. The number of hydrogen-bond donors (Lipinski definition) is 2. The van der Waals surface area contributed by atoms with Gasteiger partial charge in [0.05, 0.1) is 15.5 Å². The van der Waals surface area contributed by atoms with Gasteiger partial charge < -0.3 is 10.3 Å². The van der Waals surface area contributed by atoms with Crippen molar-refractivity contribution in [3.05, 3.63) is 107 Å². The van der Waals surface area contributed by atoms with Crippen molar-refractivity contribution in [1.82, 2.24) is 18.9 Å². The number of aromatic nitrogens is 4. The second-order valence-corrected chi connectivity index (χ2v) is 10.7. The third-order valence-corrected chi connectivity index (χ3v) is 8.01. The number of nitro groups is 1. The quantitative estimate of drug-likeness (QED) is 0.197. The Bertz CT molecular complexity index is 2020. The number of rotatable bonds is 6. The van der Waals surface area contributed by atoms with Gasteiger partial charge in [-0.1, -0.05) is 35.9 Å². The molecule has 0 amide bonds. The highest BCUT2D eigenvalue weighted by molar-refractivity contribution is 7.90. The van der Waals surface area contributed by atoms with Crippen molar-refractivity contribution in [2.75, 3.05) is 5.32 Å². The van der Waals surface area contributed by atoms with Crippen LogP contribution in [0.5, 0.6) is 0 Å². The largest absolute Gasteiger partial charge is 0.360 e. The van der Waals surface area contributed by atoms with E-state index in [0.29, 0.717) is 16.6 Å². The van der Waals surface area contributed by atoms with Crippen molar-refractivity contribution in [3.8, 4) is 11.3 Å². The normalized spacial score (nSPS) is 11.7. The molecule has 3 aromatic carbocycles. The number of hydrogen-bond acceptors (Lipinski definition) is 7. The maximum atomic E-state index is 13.9. The summed E-state index contributed by atoms with van der Waals surface area (Å²) in [6, 6.07) is 19.0. The molecule has 6 aromatic rings. The van der Waals surface area contributed by atoms with Crippen molar-refractivity contribution in [3.63, 3.8) is 0 Å². The molecule has 2 N–H and O–H groups in total. The van der Waals surface area contributed by atoms with Gasteiger partial charge in [-0.2, -0.15) is 9.37 Å². The van der Waals surface area contributed by atoms with Crippen LogP contribution in [0.1, 0.15) is 5.56 Å². The van der Waals surface area contributed by atoms with Crippen LogP contribution in [0.2, 0.25) is 0 Å². The highest BCUT2D eigenvalue weighted by Gasteiger charge is 2.24. The van der Waals surface area contributed by atoms with Crippen LogP contribution >= 0.6 is 0 Å². The summed E-state index contributed by atoms with van der Waals surface area (Å²) in [7, 11) is -4.03. The van der Waals surface area contributed by atoms with E-state index >= 15 is 0 Å². The van der Waals surface area contributed by atoms with E-state index in [9.17, 15) is 22.9 Å². The van der Waals surface area contributed by atoms with Gasteiger partial charge in [-0.25, -0.2) is 17.4 Å². The summed E-state index contributed by atoms with van der Waals surface area (Å²) in [5, 5.41) is 15.5. The number of nitrogens with zero attached hydrogens (tertiary/aromatic N) is 4. The van der Waals surface area contributed by atoms with E-state index in [4.69, 9.17) is 0 Å². The highest BCUT2D eigenvalue weighted by atomic mass is 32.2. The van der Waals surface area contributed by atoms with Crippen molar-refractivity contribution < 1.29 is 17.7 Å². The molecule has 3 heterocycles. The van der Waals surface area contributed by atoms with E-state index in [2.05, 4.69) is 20.3 Å². The lowest BCUT2D eigenvalue weighted by molar-refractivity contribution is -0.387. The molecule has 0 saturated heterocycles. The van der Waals surface area contributed by atoms with Crippen molar-refractivity contribution in [2.24, 2.45) is 0 Å². The van der Waals surface area contributed by atoms with Crippen molar-refractivity contribution >= 4 is 49.3 Å². The Kier molecular flexibility index (Phi) is 5.61. The Hall–Kier alpha value is -5.10. The molecular weight excluding hydrogens is 523 g/mol. The van der Waals surface area contributed by atoms with E-state index < -0.39 is 26.5 Å². The second kappa shape index (κ2) is 9.03. The number of H-pyrrole nitrogens is 1. The van der Waals surface area contributed by atoms with Crippen LogP contribution in [0.15, 0.2) is 90.1 Å². The number of anilines is 2. The number of benzene rings is 3. The molecule has 10 nitrogen and oxygen atoms in total. The van der Waals surface area contributed by atoms with Gasteiger partial charge in [-0.05, 0) is 43.3 Å². The molecule has 0 aliphatic heterocycles. The van der Waals surface area contributed by atoms with Crippen molar-refractivity contribution in [1.29, 1.82) is 0 Å². The van der Waals surface area contributed by atoms with Gasteiger partial charge in [0.25, 0.3) is 10.0 Å². The van der Waals surface area contributed by atoms with Gasteiger partial charge in [0, 0.05) is 46.0 Å². The second-order valence-electron chi connectivity index (χ2n) is 8.86. The van der Waals surface area contributed by atoms with Gasteiger partial charge in [0.15, 0.2) is 5.65 Å². The smallest absolute Gasteiger partial charge is 0.306 e. The van der Waals surface area contributed by atoms with Crippen LogP contribution in [0.25, 0.3) is 33.2 Å². The minimum absolute atomic E-state index is 0.0252. The Morgan fingerprint density at radius 3 is 2.54 bits per heavy atom. The van der Waals surface area contributed by atoms with E-state index in [1.807, 2.05) is 31.2 Å². The fraction of sp³-hybridized carbons (Fsp3) is 0.0370. The molecule has 0 unspecified atom stereocenters. The maximum absolute atomic E-state index is 13.9. The molecule has 12 heteroatoms. The molecule has 194 valence electrons. The SMILES string of the molecule is Cc1ccc(S(=O)(=O)n2ccc3c(-c4c[nH]c5ccccc45)nc(Nc4ccc(F)c([N+](=O)[O-])c4)nc32)cc1. The first-order valence-electron chi connectivity index (χ1n) is 11.7. The monoisotopic (exact) mass is 542 g/mol. The van der Waals surface area contributed by atoms with Gasteiger partial charge in [-0.15, -0.1) is 0 Å². The topological polar surface area (TPSA) is 136 Å². The summed E-state index contributed by atoms with van der Waals surface area (Å²) in [4.78, 5) is 22.8. The molecule has 39 heavy (non-hydrogen) atoms. The average molecular weight is 543 g/mol. The molecule has 0 aliphatic rings. The van der Waals surface area contributed by atoms with Crippen LogP contribution in [0.4, 0.5) is 21.7 Å². The van der Waals surface area contributed by atoms with Gasteiger partial charge in [-0.3, -0.25) is 10.1 Å². The minimum Gasteiger partial charge on any atom is -0.360 e. The Morgan fingerprint density at radius 1 is 1.00 bits per heavy atom. The number of nitro benzene ring substituents is 1. The lowest BCUT2D eigenvalue weighted by atomic mass is 10.1. The van der Waals surface area contributed by atoms with E-state index in [-0.39, 0.29) is 22.2 Å². The zero-order valence-corrected chi connectivity index (χ0v) is 21.1. The van der Waals surface area contributed by atoms with E-state index in [1.54, 1.807) is 24.4 Å². The van der Waals surface area contributed by atoms with Gasteiger partial charge >= 0.3 is 5.69 Å². The molecule has 6 rings (SSSR count). The molecule has 0 radical (unpaired) electrons. The first-order chi connectivity index (χ1) is 18.7. The number of aryl methyl sites for hydroxylation is 1. The molecule has 0 spiro atoms. The van der Waals surface area contributed by atoms with E-state index in [0.717, 1.165) is 32.6 Å². The zero-order valence-electron chi connectivity index (χ0n) is 20.3. The van der Waals surface area contributed by atoms with Crippen LogP contribution < -0.4 is 5.32 Å².